The van der Waals surface area contributed by atoms with Crippen molar-refractivity contribution < 1.29 is 122 Å². The number of carboxylic acid groups (broad SMARTS) is 1. The third-order valence-electron chi connectivity index (χ3n) is 8.54. The summed E-state index contributed by atoms with van der Waals surface area (Å²) in [6.45, 7) is 6.19. The fourth-order valence-electron chi connectivity index (χ4n) is 4.86. The van der Waals surface area contributed by atoms with Crippen LogP contribution in [0.2, 0.25) is 0 Å². The van der Waals surface area contributed by atoms with Crippen molar-refractivity contribution in [1.82, 2.24) is 0 Å². The molecule has 0 aliphatic heterocycles. The number of methoxy groups -OCH3 is 7. The maximum atomic E-state index is 11.3. The maximum Gasteiger partial charge on any atom is 1.00 e. The fourth-order valence-corrected chi connectivity index (χ4v) is 5.12. The number of carbonyl (C=O) groups excluding carboxylic acids is 3. The van der Waals surface area contributed by atoms with Crippen LogP contribution in [-0.4, -0.2) is 138 Å². The third-order valence-corrected chi connectivity index (χ3v) is 9.10. The third kappa shape index (κ3) is 27.1. The molecule has 0 amide bonds. The van der Waals surface area contributed by atoms with Gasteiger partial charge < -0.3 is 73.3 Å². The Balaban J connectivity index is -0.000000822. The van der Waals surface area contributed by atoms with Crippen molar-refractivity contribution in [3.05, 3.63) is 95.1 Å². The van der Waals surface area contributed by atoms with Crippen LogP contribution in [0.1, 0.15) is 93.8 Å². The molecule has 5 N–H and O–H groups in total. The number of phenolic OH excluding ortho intramolecular Hbond substituents is 1. The molecule has 0 fully saturated rings. The van der Waals surface area contributed by atoms with E-state index in [1.54, 1.807) is 49.6 Å². The van der Waals surface area contributed by atoms with E-state index in [1.165, 1.54) is 73.0 Å². The molecule has 4 rings (SSSR count). The molecular weight excluding hydrogens is 995 g/mol. The quantitative estimate of drug-likeness (QED) is 0.0257. The van der Waals surface area contributed by atoms with E-state index >= 15 is 0 Å². The largest absolute Gasteiger partial charge is 1.00 e. The number of benzene rings is 4. The van der Waals surface area contributed by atoms with Crippen LogP contribution in [0.25, 0.3) is 0 Å². The van der Waals surface area contributed by atoms with Gasteiger partial charge in [0.1, 0.15) is 0 Å². The molecule has 4 aromatic carbocycles. The monoisotopic (exact) mass is 1060 g/mol. The van der Waals surface area contributed by atoms with E-state index in [0.29, 0.717) is 84.0 Å². The number of carbonyl (C=O) groups is 4. The van der Waals surface area contributed by atoms with Gasteiger partial charge in [0, 0.05) is 25.0 Å². The molecule has 19 nitrogen and oxygen atoms in total. The number of aromatic carboxylic acids is 1. The van der Waals surface area contributed by atoms with Gasteiger partial charge in [-0.2, -0.15) is 0 Å². The normalized spacial score (nSPS) is 9.37. The number of phenols is 1. The van der Waals surface area contributed by atoms with Gasteiger partial charge >= 0.3 is 53.4 Å². The predicted octanol–water partition coefficient (Wildman–Crippen LogP) is 5.25. The molecule has 21 heteroatoms. The molecular formula is C49H68BrNaO19. The van der Waals surface area contributed by atoms with Crippen LogP contribution in [0, 0.1) is 0 Å². The summed E-state index contributed by atoms with van der Waals surface area (Å²) < 4.78 is 50.4. The summed E-state index contributed by atoms with van der Waals surface area (Å²) >= 11 is 3.15. The molecule has 70 heavy (non-hydrogen) atoms. The average molecular weight is 1060 g/mol. The van der Waals surface area contributed by atoms with Crippen LogP contribution >= 0.6 is 15.9 Å². The van der Waals surface area contributed by atoms with Crippen LogP contribution in [0.5, 0.6) is 46.0 Å². The summed E-state index contributed by atoms with van der Waals surface area (Å²) in [5.74, 6) is 1.23. The van der Waals surface area contributed by atoms with Gasteiger partial charge in [-0.05, 0) is 92.1 Å². The number of halogens is 1. The molecule has 0 atom stereocenters. The van der Waals surface area contributed by atoms with Gasteiger partial charge in [-0.1, -0.05) is 42.6 Å². The second-order valence-corrected chi connectivity index (χ2v) is 14.2. The van der Waals surface area contributed by atoms with Gasteiger partial charge in [0.25, 0.3) is 0 Å². The van der Waals surface area contributed by atoms with E-state index in [2.05, 4.69) is 44.0 Å². The van der Waals surface area contributed by atoms with Crippen LogP contribution < -0.4 is 62.7 Å². The maximum absolute atomic E-state index is 11.3. The molecule has 0 radical (unpaired) electrons. The molecule has 0 saturated carbocycles. The van der Waals surface area contributed by atoms with Crippen LogP contribution in [-0.2, 0) is 14.2 Å². The topological polar surface area (TPSA) is 271 Å². The smallest absolute Gasteiger partial charge is 0.870 e. The van der Waals surface area contributed by atoms with Crippen molar-refractivity contribution in [2.75, 3.05) is 88.1 Å². The van der Waals surface area contributed by atoms with Gasteiger partial charge in [-0.15, -0.1) is 0 Å². The second kappa shape index (κ2) is 42.4. The van der Waals surface area contributed by atoms with Crippen molar-refractivity contribution in [3.8, 4) is 46.0 Å². The average Bonchev–Trinajstić information content (AvgIpc) is 3.37. The van der Waals surface area contributed by atoms with E-state index in [4.69, 9.17) is 48.5 Å². The molecule has 386 valence electrons. The molecule has 0 bridgehead atoms. The zero-order chi connectivity index (χ0) is 51.3. The fraction of sp³-hybridized carbons (Fsp3) is 0.429. The van der Waals surface area contributed by atoms with Crippen molar-refractivity contribution in [1.29, 1.82) is 0 Å². The Morgan fingerprint density at radius 3 is 1.07 bits per heavy atom. The predicted molar refractivity (Wildman–Crippen MR) is 260 cm³/mol. The number of unbranched alkanes of at least 4 members (excludes halogenated alkanes) is 2. The first-order valence-electron chi connectivity index (χ1n) is 21.3. The number of aromatic hydroxyl groups is 1. The number of carboxylic acids is 1. The minimum Gasteiger partial charge on any atom is -0.870 e. The van der Waals surface area contributed by atoms with Crippen molar-refractivity contribution in [2.24, 2.45) is 0 Å². The molecule has 4 aromatic rings. The first-order valence-corrected chi connectivity index (χ1v) is 22.4. The Labute approximate surface area is 440 Å². The molecule has 0 heterocycles. The number of hydrogen-bond acceptors (Lipinski definition) is 18. The Morgan fingerprint density at radius 1 is 0.471 bits per heavy atom. The van der Waals surface area contributed by atoms with Gasteiger partial charge in [0.15, 0.2) is 46.0 Å². The van der Waals surface area contributed by atoms with E-state index in [9.17, 15) is 24.3 Å². The minimum atomic E-state index is -0.974. The van der Waals surface area contributed by atoms with Crippen molar-refractivity contribution in [2.45, 2.75) is 52.4 Å². The Bertz CT molecular complexity index is 1990. The van der Waals surface area contributed by atoms with E-state index in [-0.39, 0.29) is 64.7 Å². The van der Waals surface area contributed by atoms with Crippen molar-refractivity contribution in [3.63, 3.8) is 0 Å². The molecule has 0 spiro atoms. The van der Waals surface area contributed by atoms with Gasteiger partial charge in [0.05, 0.1) is 91.8 Å². The molecule has 0 aliphatic carbocycles. The molecule has 0 aliphatic rings. The summed E-state index contributed by atoms with van der Waals surface area (Å²) in [6.07, 6.45) is 5.48. The van der Waals surface area contributed by atoms with Crippen LogP contribution in [0.4, 0.5) is 0 Å². The zero-order valence-electron chi connectivity index (χ0n) is 41.7. The van der Waals surface area contributed by atoms with E-state index in [0.717, 1.165) is 37.4 Å². The Hall–Kier alpha value is -5.48. The Kier molecular flexibility index (Phi) is 41.7. The molecule has 0 saturated heterocycles. The van der Waals surface area contributed by atoms with Crippen LogP contribution in [0.15, 0.2) is 72.8 Å². The van der Waals surface area contributed by atoms with Gasteiger partial charge in [-0.3, -0.25) is 0 Å². The number of rotatable bonds is 22. The number of alkyl halides is 1. The summed E-state index contributed by atoms with van der Waals surface area (Å²) in [5, 5.41) is 35.6. The number of hydrogen-bond donors (Lipinski definition) is 4. The first kappa shape index (κ1) is 68.8. The van der Waals surface area contributed by atoms with Gasteiger partial charge in [0.2, 0.25) is 0 Å². The van der Waals surface area contributed by atoms with E-state index < -0.39 is 17.9 Å². The summed E-state index contributed by atoms with van der Waals surface area (Å²) in [5.41, 5.74) is 1.39. The zero-order valence-corrected chi connectivity index (χ0v) is 45.3. The van der Waals surface area contributed by atoms with Crippen LogP contribution in [0.3, 0.4) is 0 Å². The van der Waals surface area contributed by atoms with Gasteiger partial charge in [-0.25, -0.2) is 19.2 Å². The number of esters is 3. The number of ether oxygens (including phenoxy) is 10. The SMILES string of the molecule is CCCCOc1ccc(C(=O)O)cc1OC.CCCCOc1ccc(C(=O)OC)cc1OC.COC(=O)c1ccc(O)c(OC)c1.COC(=O)c1ccc(OCCCO)c(OC)c1.OCCCBr.[Na+].[OH-]. The van der Waals surface area contributed by atoms with Crippen molar-refractivity contribution >= 4 is 39.8 Å². The minimum absolute atomic E-state index is 0. The Morgan fingerprint density at radius 2 is 0.786 bits per heavy atom. The first-order chi connectivity index (χ1) is 32.7. The molecule has 0 aromatic heterocycles. The number of aliphatic hydroxyl groups is 2. The summed E-state index contributed by atoms with van der Waals surface area (Å²) in [6, 6.07) is 18.7. The standard InChI is InChI=1S/C13H18O4.C12H16O5.C12H16O4.C9H10O4.C3H7BrO.Na.H2O/c1-4-5-8-17-11-7-6-10(13(14)16-3)9-12(11)15-2;1-15-11-8-9(12(14)16-2)4-5-10(11)17-7-3-6-13;1-3-4-7-16-10-6-5-9(12(13)14)8-11(10)15-2;1-12-8-5-6(9(11)13-2)3-4-7(8)10;4-2-1-3-5;;/h6-7,9H,4-5,8H2,1-3H3;4-5,8,13H,3,6-7H2,1-2H3;5-6,8H,3-4,7H2,1-2H3,(H,13,14);3-5,10H,1-2H3;5H,1-3H2;;1H2/q;;;;;+1;/p-1. The summed E-state index contributed by atoms with van der Waals surface area (Å²) in [7, 11) is 9.91. The van der Waals surface area contributed by atoms with E-state index in [1.807, 2.05) is 0 Å². The second-order valence-electron chi connectivity index (χ2n) is 13.4. The summed E-state index contributed by atoms with van der Waals surface area (Å²) in [4.78, 5) is 44.4. The molecule has 0 unspecified atom stereocenters. The number of aliphatic hydroxyl groups excluding tert-OH is 2.